The van der Waals surface area contributed by atoms with E-state index in [1.165, 1.54) is 7.11 Å². The second-order valence-electron chi connectivity index (χ2n) is 3.92. The lowest BCUT2D eigenvalue weighted by molar-refractivity contribution is -0.140. The van der Waals surface area contributed by atoms with Crippen molar-refractivity contribution in [3.05, 3.63) is 0 Å². The molecule has 0 aromatic carbocycles. The third-order valence-corrected chi connectivity index (χ3v) is 2.36. The van der Waals surface area contributed by atoms with E-state index in [1.54, 1.807) is 0 Å². The van der Waals surface area contributed by atoms with Crippen LogP contribution < -0.4 is 10.6 Å². The summed E-state index contributed by atoms with van der Waals surface area (Å²) in [4.78, 5) is 15.4. The first-order valence-corrected chi connectivity index (χ1v) is 6.91. The number of aliphatic imine (C=N–C) groups is 1. The number of nitrogens with zero attached hydrogens (tertiary/aromatic N) is 1. The van der Waals surface area contributed by atoms with Gasteiger partial charge in [-0.25, -0.2) is 0 Å². The number of carbonyl (C=O) groups is 1. The molecule has 7 heteroatoms. The minimum absolute atomic E-state index is 0. The van der Waals surface area contributed by atoms with E-state index in [1.807, 2.05) is 13.8 Å². The lowest BCUT2D eigenvalue weighted by Gasteiger charge is -2.10. The molecule has 0 radical (unpaired) electrons. The molecule has 0 bridgehead atoms. The minimum atomic E-state index is -0.222. The van der Waals surface area contributed by atoms with Crippen LogP contribution in [0.2, 0.25) is 0 Å². The number of unbranched alkanes of at least 4 members (excludes halogenated alkanes) is 1. The summed E-state index contributed by atoms with van der Waals surface area (Å²) in [5.74, 6) is 0.517. The lowest BCUT2D eigenvalue weighted by atomic mass is 10.3. The molecule has 2 N–H and O–H groups in total. The van der Waals surface area contributed by atoms with Crippen LogP contribution in [0.4, 0.5) is 0 Å². The Labute approximate surface area is 139 Å². The zero-order valence-electron chi connectivity index (χ0n) is 12.7. The summed E-state index contributed by atoms with van der Waals surface area (Å²) in [6.07, 6.45) is 2.34. The Morgan fingerprint density at radius 3 is 2.55 bits per heavy atom. The minimum Gasteiger partial charge on any atom is -0.469 e. The van der Waals surface area contributed by atoms with Gasteiger partial charge in [0.25, 0.3) is 0 Å². The number of hydrogen-bond acceptors (Lipinski definition) is 4. The van der Waals surface area contributed by atoms with E-state index < -0.39 is 0 Å². The Kier molecular flexibility index (Phi) is 17.9. The maximum atomic E-state index is 11.0. The van der Waals surface area contributed by atoms with Crippen molar-refractivity contribution in [3.63, 3.8) is 0 Å². The molecule has 0 atom stereocenters. The molecular formula is C13H28IN3O3. The van der Waals surface area contributed by atoms with E-state index in [2.05, 4.69) is 20.4 Å². The average molecular weight is 401 g/mol. The van der Waals surface area contributed by atoms with E-state index in [9.17, 15) is 4.79 Å². The van der Waals surface area contributed by atoms with E-state index in [0.717, 1.165) is 45.1 Å². The van der Waals surface area contributed by atoms with Gasteiger partial charge < -0.3 is 20.1 Å². The van der Waals surface area contributed by atoms with Crippen LogP contribution in [0.15, 0.2) is 4.99 Å². The summed E-state index contributed by atoms with van der Waals surface area (Å²) in [5.41, 5.74) is 0. The molecule has 0 unspecified atom stereocenters. The van der Waals surface area contributed by atoms with Gasteiger partial charge in [-0.1, -0.05) is 0 Å². The first-order chi connectivity index (χ1) is 9.24. The van der Waals surface area contributed by atoms with Gasteiger partial charge in [0.2, 0.25) is 0 Å². The standard InChI is InChI=1S/C13H27N3O3.HI/c1-4-14-13(16-10-8-12(17)18-3)15-9-6-7-11-19-5-2;/h4-11H2,1-3H3,(H2,14,15,16);1H. The third kappa shape index (κ3) is 13.9. The quantitative estimate of drug-likeness (QED) is 0.191. The molecule has 0 aromatic rings. The number of esters is 1. The van der Waals surface area contributed by atoms with Gasteiger partial charge in [0.15, 0.2) is 5.96 Å². The van der Waals surface area contributed by atoms with Gasteiger partial charge in [-0.2, -0.15) is 0 Å². The zero-order valence-corrected chi connectivity index (χ0v) is 15.1. The van der Waals surface area contributed by atoms with Crippen molar-refractivity contribution in [2.24, 2.45) is 4.99 Å². The number of guanidine groups is 1. The number of ether oxygens (including phenoxy) is 2. The lowest BCUT2D eigenvalue weighted by Crippen LogP contribution is -2.38. The van der Waals surface area contributed by atoms with Crippen LogP contribution in [0.5, 0.6) is 0 Å². The number of rotatable bonds is 10. The Balaban J connectivity index is 0. The molecule has 0 amide bonds. The highest BCUT2D eigenvalue weighted by Gasteiger charge is 2.01. The molecule has 0 aliphatic carbocycles. The molecule has 0 rings (SSSR count). The number of hydrogen-bond donors (Lipinski definition) is 2. The fourth-order valence-corrected chi connectivity index (χ4v) is 1.38. The van der Waals surface area contributed by atoms with Gasteiger partial charge in [0.1, 0.15) is 0 Å². The Morgan fingerprint density at radius 2 is 1.95 bits per heavy atom. The SMILES string of the molecule is CCNC(=NCCCCOCC)NCCC(=O)OC.I. The van der Waals surface area contributed by atoms with Crippen LogP contribution in [0.1, 0.15) is 33.1 Å². The normalized spacial score (nSPS) is 10.7. The van der Waals surface area contributed by atoms with Crippen LogP contribution in [-0.4, -0.2) is 51.9 Å². The van der Waals surface area contributed by atoms with E-state index >= 15 is 0 Å². The van der Waals surface area contributed by atoms with E-state index in [4.69, 9.17) is 4.74 Å². The molecule has 0 aliphatic heterocycles. The third-order valence-electron chi connectivity index (χ3n) is 2.36. The molecule has 0 saturated heterocycles. The number of carbonyl (C=O) groups excluding carboxylic acids is 1. The number of halogens is 1. The maximum Gasteiger partial charge on any atom is 0.307 e. The van der Waals surface area contributed by atoms with Crippen LogP contribution in [0.25, 0.3) is 0 Å². The number of nitrogens with one attached hydrogen (secondary N) is 2. The molecule has 0 aliphatic rings. The highest BCUT2D eigenvalue weighted by molar-refractivity contribution is 14.0. The molecule has 6 nitrogen and oxygen atoms in total. The zero-order chi connectivity index (χ0) is 14.3. The highest BCUT2D eigenvalue weighted by Crippen LogP contribution is 1.91. The Morgan fingerprint density at radius 1 is 1.20 bits per heavy atom. The second-order valence-corrected chi connectivity index (χ2v) is 3.92. The number of methoxy groups -OCH3 is 1. The summed E-state index contributed by atoms with van der Waals surface area (Å²) in [6.45, 7) is 7.62. The van der Waals surface area contributed by atoms with Crippen LogP contribution in [0, 0.1) is 0 Å². The fraction of sp³-hybridized carbons (Fsp3) is 0.846. The van der Waals surface area contributed by atoms with Gasteiger partial charge in [-0.3, -0.25) is 9.79 Å². The van der Waals surface area contributed by atoms with E-state index in [0.29, 0.717) is 13.0 Å². The van der Waals surface area contributed by atoms with Gasteiger partial charge in [-0.05, 0) is 26.7 Å². The molecule has 0 spiro atoms. The van der Waals surface area contributed by atoms with Gasteiger partial charge in [-0.15, -0.1) is 24.0 Å². The second kappa shape index (κ2) is 16.5. The molecule has 0 heterocycles. The van der Waals surface area contributed by atoms with Crippen molar-refractivity contribution in [1.29, 1.82) is 0 Å². The first-order valence-electron chi connectivity index (χ1n) is 6.91. The van der Waals surface area contributed by atoms with Crippen LogP contribution in [-0.2, 0) is 14.3 Å². The summed E-state index contributed by atoms with van der Waals surface area (Å²) in [5, 5.41) is 6.23. The fourth-order valence-electron chi connectivity index (χ4n) is 1.38. The van der Waals surface area contributed by atoms with Crippen molar-refractivity contribution in [2.75, 3.05) is 40.0 Å². The van der Waals surface area contributed by atoms with Gasteiger partial charge in [0, 0.05) is 32.8 Å². The largest absolute Gasteiger partial charge is 0.469 e. The highest BCUT2D eigenvalue weighted by atomic mass is 127. The topological polar surface area (TPSA) is 72.0 Å². The summed E-state index contributed by atoms with van der Waals surface area (Å²) in [7, 11) is 1.39. The predicted octanol–water partition coefficient (Wildman–Crippen LogP) is 1.54. The van der Waals surface area contributed by atoms with Gasteiger partial charge in [0.05, 0.1) is 13.5 Å². The van der Waals surface area contributed by atoms with Crippen molar-refractivity contribution in [3.8, 4) is 0 Å². The Bertz CT molecular complexity index is 263. The summed E-state index contributed by atoms with van der Waals surface area (Å²) < 4.78 is 9.84. The average Bonchev–Trinajstić information content (AvgIpc) is 2.42. The molecule has 20 heavy (non-hydrogen) atoms. The van der Waals surface area contributed by atoms with Crippen LogP contribution >= 0.6 is 24.0 Å². The molecule has 0 aromatic heterocycles. The smallest absolute Gasteiger partial charge is 0.307 e. The van der Waals surface area contributed by atoms with Crippen molar-refractivity contribution < 1.29 is 14.3 Å². The Hall–Kier alpha value is -0.570. The molecule has 0 fully saturated rings. The van der Waals surface area contributed by atoms with Gasteiger partial charge >= 0.3 is 5.97 Å². The van der Waals surface area contributed by atoms with E-state index in [-0.39, 0.29) is 29.9 Å². The van der Waals surface area contributed by atoms with Crippen molar-refractivity contribution in [2.45, 2.75) is 33.1 Å². The van der Waals surface area contributed by atoms with Crippen LogP contribution in [0.3, 0.4) is 0 Å². The maximum absolute atomic E-state index is 11.0. The first kappa shape index (κ1) is 21.7. The summed E-state index contributed by atoms with van der Waals surface area (Å²) >= 11 is 0. The van der Waals surface area contributed by atoms with Crippen molar-refractivity contribution in [1.82, 2.24) is 10.6 Å². The molecule has 120 valence electrons. The molecule has 0 saturated carbocycles. The molecular weight excluding hydrogens is 373 g/mol. The summed E-state index contributed by atoms with van der Waals surface area (Å²) in [6, 6.07) is 0. The van der Waals surface area contributed by atoms with Crippen molar-refractivity contribution >= 4 is 35.9 Å². The monoisotopic (exact) mass is 401 g/mol. The predicted molar refractivity (Wildman–Crippen MR) is 91.8 cm³/mol.